The average molecular weight is 247 g/mol. The van der Waals surface area contributed by atoms with E-state index in [4.69, 9.17) is 0 Å². The molecule has 0 fully saturated rings. The number of aliphatic carboxylic acids is 1. The fraction of sp³-hybridized carbons (Fsp3) is 0.533. The summed E-state index contributed by atoms with van der Waals surface area (Å²) in [4.78, 5) is 11.6. The largest absolute Gasteiger partial charge is 0.480 e. The molecule has 2 N–H and O–H groups in total. The molecular formula is C15H21NO2. The van der Waals surface area contributed by atoms with Gasteiger partial charge in [0.05, 0.1) is 0 Å². The first-order valence-corrected chi connectivity index (χ1v) is 6.62. The van der Waals surface area contributed by atoms with Gasteiger partial charge in [-0.25, -0.2) is 0 Å². The molecule has 0 heterocycles. The van der Waals surface area contributed by atoms with Crippen molar-refractivity contribution < 1.29 is 9.90 Å². The van der Waals surface area contributed by atoms with Gasteiger partial charge in [-0.05, 0) is 23.6 Å². The van der Waals surface area contributed by atoms with Crippen LogP contribution in [0.3, 0.4) is 0 Å². The summed E-state index contributed by atoms with van der Waals surface area (Å²) in [6.07, 6.45) is 2.25. The van der Waals surface area contributed by atoms with E-state index in [2.05, 4.69) is 19.2 Å². The molecule has 2 rings (SSSR count). The van der Waals surface area contributed by atoms with E-state index in [-0.39, 0.29) is 0 Å². The number of hydrogen-bond acceptors (Lipinski definition) is 2. The summed E-state index contributed by atoms with van der Waals surface area (Å²) < 4.78 is 0. The topological polar surface area (TPSA) is 49.3 Å². The Morgan fingerprint density at radius 2 is 1.94 bits per heavy atom. The van der Waals surface area contributed by atoms with Gasteiger partial charge in [0, 0.05) is 12.8 Å². The van der Waals surface area contributed by atoms with E-state index in [0.29, 0.717) is 18.8 Å². The Bertz CT molecular complexity index is 417. The van der Waals surface area contributed by atoms with Crippen LogP contribution in [0, 0.1) is 5.92 Å². The quantitative estimate of drug-likeness (QED) is 0.839. The minimum atomic E-state index is -0.798. The molecule has 0 saturated heterocycles. The molecule has 0 aromatic heterocycles. The van der Waals surface area contributed by atoms with Gasteiger partial charge in [-0.2, -0.15) is 0 Å². The normalized spacial score (nSPS) is 18.3. The highest BCUT2D eigenvalue weighted by Gasteiger charge is 2.43. The van der Waals surface area contributed by atoms with Crippen LogP contribution >= 0.6 is 0 Å². The molecule has 0 spiro atoms. The minimum Gasteiger partial charge on any atom is -0.480 e. The lowest BCUT2D eigenvalue weighted by atomic mass is 9.94. The van der Waals surface area contributed by atoms with Crippen LogP contribution in [0.1, 0.15) is 31.4 Å². The van der Waals surface area contributed by atoms with E-state index >= 15 is 0 Å². The number of nitrogens with one attached hydrogen (secondary N) is 1. The predicted molar refractivity (Wildman–Crippen MR) is 71.7 cm³/mol. The summed E-state index contributed by atoms with van der Waals surface area (Å²) in [6, 6.07) is 8.02. The Morgan fingerprint density at radius 3 is 2.39 bits per heavy atom. The molecule has 3 nitrogen and oxygen atoms in total. The van der Waals surface area contributed by atoms with Crippen molar-refractivity contribution >= 4 is 5.97 Å². The first kappa shape index (κ1) is 13.1. The Morgan fingerprint density at radius 1 is 1.39 bits per heavy atom. The molecule has 0 aliphatic heterocycles. The number of benzene rings is 1. The standard InChI is InChI=1S/C15H21NO2/c1-3-11(2)10-16-15(14(17)18)8-12-6-4-5-7-13(12)9-15/h4-7,11,16H,3,8-10H2,1-2H3,(H,17,18). The van der Waals surface area contributed by atoms with Crippen molar-refractivity contribution in [3.05, 3.63) is 35.4 Å². The zero-order valence-electron chi connectivity index (χ0n) is 11.1. The lowest BCUT2D eigenvalue weighted by Gasteiger charge is -2.27. The van der Waals surface area contributed by atoms with E-state index in [0.717, 1.165) is 24.1 Å². The van der Waals surface area contributed by atoms with Gasteiger partial charge in [-0.3, -0.25) is 4.79 Å². The van der Waals surface area contributed by atoms with Crippen LogP contribution in [0.2, 0.25) is 0 Å². The summed E-state index contributed by atoms with van der Waals surface area (Å²) in [5.74, 6) is -0.230. The summed E-state index contributed by atoms with van der Waals surface area (Å²) >= 11 is 0. The fourth-order valence-corrected chi connectivity index (χ4v) is 2.48. The zero-order chi connectivity index (χ0) is 13.2. The van der Waals surface area contributed by atoms with Gasteiger partial charge in [0.1, 0.15) is 5.54 Å². The Hall–Kier alpha value is -1.35. The van der Waals surface area contributed by atoms with Crippen LogP contribution in [0.4, 0.5) is 0 Å². The molecule has 1 aromatic carbocycles. The summed E-state index contributed by atoms with van der Waals surface area (Å²) in [5, 5.41) is 12.9. The molecule has 3 heteroatoms. The molecule has 0 saturated carbocycles. The highest BCUT2D eigenvalue weighted by molar-refractivity contribution is 5.81. The van der Waals surface area contributed by atoms with Crippen molar-refractivity contribution in [3.8, 4) is 0 Å². The number of carboxylic acids is 1. The first-order chi connectivity index (χ1) is 8.57. The SMILES string of the molecule is CCC(C)CNC1(C(=O)O)Cc2ccccc2C1. The van der Waals surface area contributed by atoms with Crippen LogP contribution in [0.5, 0.6) is 0 Å². The van der Waals surface area contributed by atoms with Crippen LogP contribution in [-0.2, 0) is 17.6 Å². The second-order valence-electron chi connectivity index (χ2n) is 5.40. The van der Waals surface area contributed by atoms with Crippen molar-refractivity contribution in [2.24, 2.45) is 5.92 Å². The molecule has 98 valence electrons. The number of rotatable bonds is 5. The average Bonchev–Trinajstić information content (AvgIpc) is 2.75. The van der Waals surface area contributed by atoms with E-state index in [1.807, 2.05) is 24.3 Å². The molecule has 18 heavy (non-hydrogen) atoms. The maximum Gasteiger partial charge on any atom is 0.324 e. The van der Waals surface area contributed by atoms with Crippen molar-refractivity contribution in [1.29, 1.82) is 0 Å². The zero-order valence-corrected chi connectivity index (χ0v) is 11.1. The third-order valence-corrected chi connectivity index (χ3v) is 4.00. The number of carboxylic acid groups (broad SMARTS) is 1. The summed E-state index contributed by atoms with van der Waals surface area (Å²) in [6.45, 7) is 5.03. The predicted octanol–water partition coefficient (Wildman–Crippen LogP) is 2.24. The Kier molecular flexibility index (Phi) is 3.71. The molecule has 1 atom stereocenters. The molecule has 1 aromatic rings. The monoisotopic (exact) mass is 247 g/mol. The lowest BCUT2D eigenvalue weighted by Crippen LogP contribution is -2.54. The number of fused-ring (bicyclic) bond motifs is 1. The Balaban J connectivity index is 2.14. The molecule has 0 bridgehead atoms. The van der Waals surface area contributed by atoms with Crippen LogP contribution in [-0.4, -0.2) is 23.2 Å². The third-order valence-electron chi connectivity index (χ3n) is 4.00. The molecule has 1 aliphatic rings. The van der Waals surface area contributed by atoms with Crippen molar-refractivity contribution in [3.63, 3.8) is 0 Å². The van der Waals surface area contributed by atoms with E-state index in [9.17, 15) is 9.90 Å². The fourth-order valence-electron chi connectivity index (χ4n) is 2.48. The highest BCUT2D eigenvalue weighted by Crippen LogP contribution is 2.30. The summed E-state index contributed by atoms with van der Waals surface area (Å²) in [7, 11) is 0. The van der Waals surface area contributed by atoms with Gasteiger partial charge >= 0.3 is 5.97 Å². The second-order valence-corrected chi connectivity index (χ2v) is 5.40. The van der Waals surface area contributed by atoms with E-state index in [1.54, 1.807) is 0 Å². The van der Waals surface area contributed by atoms with Crippen LogP contribution < -0.4 is 5.32 Å². The van der Waals surface area contributed by atoms with Gasteiger partial charge in [-0.15, -0.1) is 0 Å². The van der Waals surface area contributed by atoms with Crippen molar-refractivity contribution in [1.82, 2.24) is 5.32 Å². The molecule has 0 amide bonds. The van der Waals surface area contributed by atoms with E-state index < -0.39 is 11.5 Å². The maximum atomic E-state index is 11.6. The minimum absolute atomic E-state index is 0.505. The van der Waals surface area contributed by atoms with Gasteiger partial charge in [0.25, 0.3) is 0 Å². The highest BCUT2D eigenvalue weighted by atomic mass is 16.4. The van der Waals surface area contributed by atoms with Crippen LogP contribution in [0.25, 0.3) is 0 Å². The molecule has 1 aliphatic carbocycles. The second kappa shape index (κ2) is 5.11. The van der Waals surface area contributed by atoms with Gasteiger partial charge in [0.2, 0.25) is 0 Å². The van der Waals surface area contributed by atoms with Crippen molar-refractivity contribution in [2.75, 3.05) is 6.54 Å². The Labute approximate surface area is 108 Å². The third kappa shape index (κ3) is 2.41. The van der Waals surface area contributed by atoms with Crippen molar-refractivity contribution in [2.45, 2.75) is 38.6 Å². The molecule has 1 unspecified atom stereocenters. The molecule has 0 radical (unpaired) electrons. The van der Waals surface area contributed by atoms with Gasteiger partial charge < -0.3 is 10.4 Å². The maximum absolute atomic E-state index is 11.6. The molecular weight excluding hydrogens is 226 g/mol. The summed E-state index contributed by atoms with van der Waals surface area (Å²) in [5.41, 5.74) is 1.53. The van der Waals surface area contributed by atoms with Gasteiger partial charge in [-0.1, -0.05) is 44.5 Å². The number of hydrogen-bond donors (Lipinski definition) is 2. The van der Waals surface area contributed by atoms with Gasteiger partial charge in [0.15, 0.2) is 0 Å². The number of carbonyl (C=O) groups is 1. The smallest absolute Gasteiger partial charge is 0.324 e. The first-order valence-electron chi connectivity index (χ1n) is 6.62. The van der Waals surface area contributed by atoms with Crippen LogP contribution in [0.15, 0.2) is 24.3 Å². The lowest BCUT2D eigenvalue weighted by molar-refractivity contribution is -0.144. The van der Waals surface area contributed by atoms with E-state index in [1.165, 1.54) is 0 Å².